The van der Waals surface area contributed by atoms with E-state index in [0.717, 1.165) is 5.56 Å². The molecule has 4 heteroatoms. The first kappa shape index (κ1) is 20.4. The van der Waals surface area contributed by atoms with E-state index in [1.807, 2.05) is 59.7 Å². The maximum absolute atomic E-state index is 13.2. The van der Waals surface area contributed by atoms with Crippen LogP contribution in [0.2, 0.25) is 0 Å². The molecule has 1 atom stereocenters. The van der Waals surface area contributed by atoms with Crippen LogP contribution in [0.5, 0.6) is 5.75 Å². The quantitative estimate of drug-likeness (QED) is 0.776. The minimum absolute atomic E-state index is 0.239. The van der Waals surface area contributed by atoms with Crippen molar-refractivity contribution in [1.29, 1.82) is 0 Å². The molecule has 2 aromatic rings. The van der Waals surface area contributed by atoms with E-state index >= 15 is 0 Å². The van der Waals surface area contributed by atoms with Crippen LogP contribution in [0.15, 0.2) is 42.5 Å². The van der Waals surface area contributed by atoms with Crippen molar-refractivity contribution in [2.24, 2.45) is 0 Å². The van der Waals surface area contributed by atoms with Gasteiger partial charge in [-0.3, -0.25) is 0 Å². The third kappa shape index (κ3) is 6.11. The van der Waals surface area contributed by atoms with Gasteiger partial charge in [0.2, 0.25) is 0 Å². The molecular weight excluding hydrogens is 331 g/mol. The maximum atomic E-state index is 13.2. The van der Waals surface area contributed by atoms with E-state index in [1.165, 1.54) is 12.1 Å². The standard InChI is InChI=1S/C22H29FO3/c1-21(2,3)25-14-15-7-12-18(19(13-15)26-22(4,5)6)20(24)16-8-10-17(23)11-9-16/h7-13,20,24H,14H2,1-6H3. The van der Waals surface area contributed by atoms with E-state index in [-0.39, 0.29) is 11.4 Å². The molecule has 0 heterocycles. The Labute approximate surface area is 155 Å². The van der Waals surface area contributed by atoms with Gasteiger partial charge in [0.15, 0.2) is 0 Å². The highest BCUT2D eigenvalue weighted by Crippen LogP contribution is 2.33. The highest BCUT2D eigenvalue weighted by Gasteiger charge is 2.21. The summed E-state index contributed by atoms with van der Waals surface area (Å²) < 4.78 is 25.1. The minimum atomic E-state index is -0.898. The van der Waals surface area contributed by atoms with Crippen molar-refractivity contribution in [2.45, 2.75) is 65.5 Å². The molecule has 0 bridgehead atoms. The fraction of sp³-hybridized carbons (Fsp3) is 0.455. The largest absolute Gasteiger partial charge is 0.488 e. The predicted molar refractivity (Wildman–Crippen MR) is 102 cm³/mol. The molecule has 0 radical (unpaired) electrons. The molecule has 0 aliphatic carbocycles. The van der Waals surface area contributed by atoms with Crippen LogP contribution in [0.1, 0.15) is 64.3 Å². The molecule has 3 nitrogen and oxygen atoms in total. The van der Waals surface area contributed by atoms with E-state index in [0.29, 0.717) is 23.5 Å². The Morgan fingerprint density at radius 2 is 1.54 bits per heavy atom. The fourth-order valence-electron chi connectivity index (χ4n) is 2.44. The van der Waals surface area contributed by atoms with Gasteiger partial charge in [-0.1, -0.05) is 24.3 Å². The Bertz CT molecular complexity index is 725. The molecule has 0 fully saturated rings. The molecule has 2 aromatic carbocycles. The number of hydrogen-bond acceptors (Lipinski definition) is 3. The molecule has 2 rings (SSSR count). The maximum Gasteiger partial charge on any atom is 0.126 e. The Morgan fingerprint density at radius 1 is 0.923 bits per heavy atom. The number of ether oxygens (including phenoxy) is 2. The highest BCUT2D eigenvalue weighted by molar-refractivity contribution is 5.43. The van der Waals surface area contributed by atoms with Crippen molar-refractivity contribution in [2.75, 3.05) is 0 Å². The number of hydrogen-bond donors (Lipinski definition) is 1. The zero-order chi connectivity index (χ0) is 19.5. The van der Waals surface area contributed by atoms with Crippen LogP contribution < -0.4 is 4.74 Å². The zero-order valence-corrected chi connectivity index (χ0v) is 16.5. The SMILES string of the molecule is CC(C)(C)OCc1ccc(C(O)c2ccc(F)cc2)c(OC(C)(C)C)c1. The lowest BCUT2D eigenvalue weighted by Crippen LogP contribution is -2.24. The minimum Gasteiger partial charge on any atom is -0.488 e. The number of aliphatic hydroxyl groups is 1. The van der Waals surface area contributed by atoms with Gasteiger partial charge in [0.05, 0.1) is 12.2 Å². The molecular formula is C22H29FO3. The van der Waals surface area contributed by atoms with Gasteiger partial charge in [-0.05, 0) is 70.9 Å². The number of aliphatic hydroxyl groups excluding tert-OH is 1. The summed E-state index contributed by atoms with van der Waals surface area (Å²) in [6, 6.07) is 11.5. The summed E-state index contributed by atoms with van der Waals surface area (Å²) in [5.74, 6) is 0.270. The van der Waals surface area contributed by atoms with Gasteiger partial charge in [0.25, 0.3) is 0 Å². The summed E-state index contributed by atoms with van der Waals surface area (Å²) in [6.45, 7) is 12.3. The van der Waals surface area contributed by atoms with Crippen molar-refractivity contribution in [3.63, 3.8) is 0 Å². The average molecular weight is 360 g/mol. The fourth-order valence-corrected chi connectivity index (χ4v) is 2.44. The Balaban J connectivity index is 2.35. The number of benzene rings is 2. The second-order valence-electron chi connectivity index (χ2n) is 8.44. The normalized spacial score (nSPS) is 13.5. The monoisotopic (exact) mass is 360 g/mol. The molecule has 0 aliphatic rings. The summed E-state index contributed by atoms with van der Waals surface area (Å²) in [4.78, 5) is 0. The van der Waals surface area contributed by atoms with E-state index in [4.69, 9.17) is 9.47 Å². The van der Waals surface area contributed by atoms with Gasteiger partial charge in [0, 0.05) is 5.56 Å². The van der Waals surface area contributed by atoms with Crippen LogP contribution in [-0.2, 0) is 11.3 Å². The summed E-state index contributed by atoms with van der Waals surface area (Å²) >= 11 is 0. The number of rotatable bonds is 5. The topological polar surface area (TPSA) is 38.7 Å². The molecule has 0 amide bonds. The first-order valence-electron chi connectivity index (χ1n) is 8.84. The van der Waals surface area contributed by atoms with E-state index < -0.39 is 11.7 Å². The molecule has 26 heavy (non-hydrogen) atoms. The van der Waals surface area contributed by atoms with Gasteiger partial charge >= 0.3 is 0 Å². The van der Waals surface area contributed by atoms with E-state index in [1.54, 1.807) is 12.1 Å². The molecule has 1 N–H and O–H groups in total. The Kier molecular flexibility index (Phi) is 6.09. The van der Waals surface area contributed by atoms with Gasteiger partial charge < -0.3 is 14.6 Å². The van der Waals surface area contributed by atoms with E-state index in [9.17, 15) is 9.50 Å². The summed E-state index contributed by atoms with van der Waals surface area (Å²) in [5, 5.41) is 10.8. The van der Waals surface area contributed by atoms with Crippen LogP contribution >= 0.6 is 0 Å². The lowest BCUT2D eigenvalue weighted by Gasteiger charge is -2.26. The molecule has 1 unspecified atom stereocenters. The highest BCUT2D eigenvalue weighted by atomic mass is 19.1. The van der Waals surface area contributed by atoms with Crippen LogP contribution in [0.4, 0.5) is 4.39 Å². The van der Waals surface area contributed by atoms with Crippen molar-refractivity contribution in [3.05, 3.63) is 65.0 Å². The van der Waals surface area contributed by atoms with Crippen molar-refractivity contribution >= 4 is 0 Å². The molecule has 0 spiro atoms. The second-order valence-corrected chi connectivity index (χ2v) is 8.44. The van der Waals surface area contributed by atoms with Gasteiger partial charge in [0.1, 0.15) is 23.3 Å². The number of halogens is 1. The van der Waals surface area contributed by atoms with E-state index in [2.05, 4.69) is 0 Å². The predicted octanol–water partition coefficient (Wildman–Crippen LogP) is 5.40. The van der Waals surface area contributed by atoms with Crippen LogP contribution in [0, 0.1) is 5.82 Å². The zero-order valence-electron chi connectivity index (χ0n) is 16.5. The van der Waals surface area contributed by atoms with Gasteiger partial charge in [-0.25, -0.2) is 4.39 Å². The van der Waals surface area contributed by atoms with Crippen LogP contribution in [0.25, 0.3) is 0 Å². The molecule has 0 saturated carbocycles. The van der Waals surface area contributed by atoms with Crippen molar-refractivity contribution in [3.8, 4) is 5.75 Å². The average Bonchev–Trinajstić information content (AvgIpc) is 2.51. The molecule has 142 valence electrons. The van der Waals surface area contributed by atoms with Crippen LogP contribution in [0.3, 0.4) is 0 Å². The summed E-state index contributed by atoms with van der Waals surface area (Å²) in [7, 11) is 0. The van der Waals surface area contributed by atoms with Crippen LogP contribution in [-0.4, -0.2) is 16.3 Å². The lowest BCUT2D eigenvalue weighted by atomic mass is 9.98. The second kappa shape index (κ2) is 7.77. The smallest absolute Gasteiger partial charge is 0.126 e. The molecule has 0 aromatic heterocycles. The van der Waals surface area contributed by atoms with Crippen molar-refractivity contribution < 1.29 is 19.0 Å². The lowest BCUT2D eigenvalue weighted by molar-refractivity contribution is -0.0151. The summed E-state index contributed by atoms with van der Waals surface area (Å²) in [5.41, 5.74) is 1.57. The molecule has 0 saturated heterocycles. The Hall–Kier alpha value is -1.91. The van der Waals surface area contributed by atoms with Gasteiger partial charge in [-0.15, -0.1) is 0 Å². The Morgan fingerprint density at radius 3 is 2.08 bits per heavy atom. The third-order valence-electron chi connectivity index (χ3n) is 3.65. The molecule has 0 aliphatic heterocycles. The first-order valence-corrected chi connectivity index (χ1v) is 8.84. The third-order valence-corrected chi connectivity index (χ3v) is 3.65. The summed E-state index contributed by atoms with van der Waals surface area (Å²) in [6.07, 6.45) is -0.898. The first-order chi connectivity index (χ1) is 11.9. The van der Waals surface area contributed by atoms with Crippen molar-refractivity contribution in [1.82, 2.24) is 0 Å². The van der Waals surface area contributed by atoms with Gasteiger partial charge in [-0.2, -0.15) is 0 Å².